The van der Waals surface area contributed by atoms with Crippen LogP contribution in [0.5, 0.6) is 0 Å². The second-order valence-corrected chi connectivity index (χ2v) is 33.8. The average molecular weight is 1590 g/mol. The first-order valence-electron chi connectivity index (χ1n) is 41.8. The highest BCUT2D eigenvalue weighted by Gasteiger charge is 2.39. The normalized spacial score (nSPS) is 14.7. The number of hydrogen-bond donors (Lipinski definition) is 14. The summed E-state index contributed by atoms with van der Waals surface area (Å²) in [7, 11) is 0. The maximum absolute atomic E-state index is 14.2. The smallest absolute Gasteiger partial charge is 0.411 e. The number of rotatable bonds is 61. The number of ether oxygens (including phenoxy) is 4. The number of unbranched alkanes of at least 4 members (excludes halogenated alkanes) is 25. The standard InChI is InChI=1S/C81H155N9O21/c1-16-17-55-90(77(107)111-81(13,14)15)71(87-75(105)109-79(7,8)9)61(58-89(76(106)110-80(10,11)12)54-44-43-51-86-74(104)108-78(4,5)6)45-39-36-38-42-49-82-62(93)46-40-35-33-31-29-27-25-23-21-19-18-20-22-24-26-28-30-32-34-37-41-50-83-63(94)47-48-64(95)88(56-52-84-72(102)69(100)67(98)65(96)59(2)91)57-53-85-73(103)70(101)68(99)66(97)60(3)92/h59-61,65-71,91-92,96-101H,16-58H2,1-15H3,(H,82,93)(H,83,94)(H,84,102)(H,85,103)(H,86,104)(H,87,105)/t59-,60-,61?,65-,66-,67+,68+,69-,70-,71?/m1/s1. The molecule has 0 aromatic rings. The van der Waals surface area contributed by atoms with E-state index in [0.29, 0.717) is 58.2 Å². The van der Waals surface area contributed by atoms with Crippen LogP contribution in [-0.2, 0) is 42.9 Å². The molecule has 0 rings (SSSR count). The molecule has 0 heterocycles. The molecule has 2 unspecified atom stereocenters. The number of amides is 9. The number of aliphatic hydroxyl groups is 8. The fraction of sp³-hybridized carbons (Fsp3) is 0.889. The average Bonchev–Trinajstić information content (AvgIpc) is 0.822. The molecule has 0 aliphatic heterocycles. The second kappa shape index (κ2) is 58.9. The van der Waals surface area contributed by atoms with Gasteiger partial charge in [-0.2, -0.15) is 0 Å². The Hall–Kier alpha value is -5.89. The monoisotopic (exact) mass is 1590 g/mol. The Kier molecular flexibility index (Phi) is 55.8. The summed E-state index contributed by atoms with van der Waals surface area (Å²) in [5.41, 5.74) is -3.13. The lowest BCUT2D eigenvalue weighted by atomic mass is 9.95. The zero-order chi connectivity index (χ0) is 84.2. The number of alkyl carbamates (subject to hydrolysis) is 2. The van der Waals surface area contributed by atoms with Crippen LogP contribution in [0, 0.1) is 5.92 Å². The molecule has 14 N–H and O–H groups in total. The van der Waals surface area contributed by atoms with Crippen molar-refractivity contribution >= 4 is 53.9 Å². The topological polar surface area (TPSA) is 434 Å². The van der Waals surface area contributed by atoms with E-state index in [4.69, 9.17) is 18.9 Å². The highest BCUT2D eigenvalue weighted by Crippen LogP contribution is 2.26. The van der Waals surface area contributed by atoms with Crippen molar-refractivity contribution in [3.05, 3.63) is 0 Å². The van der Waals surface area contributed by atoms with Gasteiger partial charge in [0, 0.05) is 90.6 Å². The first-order chi connectivity index (χ1) is 52.0. The predicted molar refractivity (Wildman–Crippen MR) is 428 cm³/mol. The molecule has 0 aliphatic rings. The van der Waals surface area contributed by atoms with Crippen molar-refractivity contribution in [3.8, 4) is 0 Å². The molecule has 0 fully saturated rings. The van der Waals surface area contributed by atoms with Crippen molar-refractivity contribution < 1.29 is 103 Å². The SMILES string of the molecule is CCCCN(C(=O)OC(C)(C)C)C(NC(=O)OC(C)(C)C)C(CCCCCCNC(=O)CCCCCCCCCCCCCCCCCCCCCCCNC(=O)CCC(=O)N(CCNC(=O)[C@H](O)[C@@H](O)[C@H](O)[C@@H](C)O)CCNC(=O)[C@H](O)[C@@H](O)[C@H](O)[C@@H](C)O)CN(CCCCNC(=O)OC(C)(C)C)C(=O)OC(C)(C)C. The van der Waals surface area contributed by atoms with Crippen LogP contribution in [0.1, 0.15) is 316 Å². The minimum atomic E-state index is -2.11. The van der Waals surface area contributed by atoms with Crippen LogP contribution in [0.25, 0.3) is 0 Å². The van der Waals surface area contributed by atoms with Crippen molar-refractivity contribution in [3.63, 3.8) is 0 Å². The molecule has 111 heavy (non-hydrogen) atoms. The number of nitrogens with one attached hydrogen (secondary N) is 6. The fourth-order valence-electron chi connectivity index (χ4n) is 12.1. The third kappa shape index (κ3) is 55.3. The van der Waals surface area contributed by atoms with Crippen molar-refractivity contribution in [2.45, 2.75) is 393 Å². The molecule has 0 spiro atoms. The van der Waals surface area contributed by atoms with Gasteiger partial charge in [0.2, 0.25) is 17.7 Å². The van der Waals surface area contributed by atoms with E-state index < -0.39 is 125 Å². The third-order valence-electron chi connectivity index (χ3n) is 18.3. The summed E-state index contributed by atoms with van der Waals surface area (Å²) in [6, 6.07) is 0. The summed E-state index contributed by atoms with van der Waals surface area (Å²) in [5, 5.41) is 95.4. The summed E-state index contributed by atoms with van der Waals surface area (Å²) in [6.07, 6.45) is 12.5. The second-order valence-electron chi connectivity index (χ2n) is 33.8. The molecular formula is C81H155N9O21. The number of hydrogen-bond acceptors (Lipinski definition) is 21. The van der Waals surface area contributed by atoms with Gasteiger partial charge in [-0.05, 0) is 142 Å². The van der Waals surface area contributed by atoms with E-state index >= 15 is 0 Å². The first kappa shape index (κ1) is 105. The molecule has 0 aliphatic carbocycles. The lowest BCUT2D eigenvalue weighted by Gasteiger charge is -2.40. The van der Waals surface area contributed by atoms with Crippen molar-refractivity contribution in [1.29, 1.82) is 0 Å². The molecule has 0 aromatic carbocycles. The molecule has 0 bridgehead atoms. The minimum absolute atomic E-state index is 0.0658. The quantitative estimate of drug-likeness (QED) is 0.0153. The van der Waals surface area contributed by atoms with Gasteiger partial charge in [-0.15, -0.1) is 0 Å². The largest absolute Gasteiger partial charge is 0.444 e. The summed E-state index contributed by atoms with van der Waals surface area (Å²) < 4.78 is 23.1. The Bertz CT molecular complexity index is 2520. The van der Waals surface area contributed by atoms with Gasteiger partial charge in [0.1, 0.15) is 53.0 Å². The summed E-state index contributed by atoms with van der Waals surface area (Å²) in [6.45, 7) is 27.0. The van der Waals surface area contributed by atoms with E-state index in [0.717, 1.165) is 84.5 Å². The number of nitrogens with zero attached hydrogens (tertiary/aromatic N) is 3. The maximum atomic E-state index is 14.2. The number of carbonyl (C=O) groups is 9. The zero-order valence-electron chi connectivity index (χ0n) is 70.9. The van der Waals surface area contributed by atoms with Gasteiger partial charge in [0.05, 0.1) is 12.2 Å². The zero-order valence-corrected chi connectivity index (χ0v) is 70.9. The van der Waals surface area contributed by atoms with E-state index in [9.17, 15) is 84.0 Å². The van der Waals surface area contributed by atoms with Crippen LogP contribution in [0.3, 0.4) is 0 Å². The lowest BCUT2D eigenvalue weighted by molar-refractivity contribution is -0.146. The van der Waals surface area contributed by atoms with E-state index in [1.54, 1.807) is 92.9 Å². The van der Waals surface area contributed by atoms with Gasteiger partial charge in [-0.25, -0.2) is 19.2 Å². The van der Waals surface area contributed by atoms with Gasteiger partial charge in [-0.3, -0.25) is 28.9 Å². The minimum Gasteiger partial charge on any atom is -0.444 e. The molecular weight excluding hydrogens is 1430 g/mol. The van der Waals surface area contributed by atoms with Crippen molar-refractivity contribution in [2.75, 3.05) is 65.4 Å². The van der Waals surface area contributed by atoms with Crippen LogP contribution in [0.4, 0.5) is 19.2 Å². The van der Waals surface area contributed by atoms with Crippen LogP contribution in [0.2, 0.25) is 0 Å². The van der Waals surface area contributed by atoms with Crippen LogP contribution < -0.4 is 31.9 Å². The first-order valence-corrected chi connectivity index (χ1v) is 41.8. The van der Waals surface area contributed by atoms with Gasteiger partial charge in [0.25, 0.3) is 11.8 Å². The lowest BCUT2D eigenvalue weighted by Crippen LogP contribution is -2.58. The summed E-state index contributed by atoms with van der Waals surface area (Å²) in [4.78, 5) is 122. The molecule has 0 aromatic heterocycles. The molecule has 0 saturated heterocycles. The van der Waals surface area contributed by atoms with E-state index in [-0.39, 0.29) is 70.5 Å². The van der Waals surface area contributed by atoms with Crippen LogP contribution in [-0.4, -0.2) is 252 Å². The Morgan fingerprint density at radius 2 is 0.703 bits per heavy atom. The molecule has 30 nitrogen and oxygen atoms in total. The highest BCUT2D eigenvalue weighted by atomic mass is 16.6. The predicted octanol–water partition coefficient (Wildman–Crippen LogP) is 9.57. The van der Waals surface area contributed by atoms with E-state index in [2.05, 4.69) is 31.9 Å². The summed E-state index contributed by atoms with van der Waals surface area (Å²) >= 11 is 0. The van der Waals surface area contributed by atoms with Gasteiger partial charge < -0.3 is 102 Å². The molecule has 10 atom stereocenters. The van der Waals surface area contributed by atoms with Gasteiger partial charge in [0.15, 0.2) is 12.2 Å². The highest BCUT2D eigenvalue weighted by molar-refractivity contribution is 5.84. The summed E-state index contributed by atoms with van der Waals surface area (Å²) in [5.74, 6) is -3.48. The van der Waals surface area contributed by atoms with E-state index in [1.807, 2.05) is 6.92 Å². The number of carbonyl (C=O) groups excluding carboxylic acids is 9. The molecule has 0 saturated carbocycles. The van der Waals surface area contributed by atoms with Gasteiger partial charge >= 0.3 is 24.4 Å². The molecule has 9 amide bonds. The Morgan fingerprint density at radius 1 is 0.342 bits per heavy atom. The maximum Gasteiger partial charge on any atom is 0.411 e. The third-order valence-corrected chi connectivity index (χ3v) is 18.3. The molecule has 650 valence electrons. The Balaban J connectivity index is 4.77. The molecule has 0 radical (unpaired) electrons. The van der Waals surface area contributed by atoms with Crippen LogP contribution in [0.15, 0.2) is 0 Å². The van der Waals surface area contributed by atoms with Crippen molar-refractivity contribution in [1.82, 2.24) is 46.6 Å². The van der Waals surface area contributed by atoms with Gasteiger partial charge in [-0.1, -0.05) is 155 Å². The van der Waals surface area contributed by atoms with Crippen molar-refractivity contribution in [2.24, 2.45) is 5.92 Å². The van der Waals surface area contributed by atoms with Crippen LogP contribution >= 0.6 is 0 Å². The Labute approximate surface area is 665 Å². The fourth-order valence-corrected chi connectivity index (χ4v) is 12.1. The molecule has 30 heteroatoms. The number of aliphatic hydroxyl groups excluding tert-OH is 8. The van der Waals surface area contributed by atoms with E-state index in [1.165, 1.54) is 94.8 Å². The Morgan fingerprint density at radius 3 is 1.11 bits per heavy atom.